The van der Waals surface area contributed by atoms with Gasteiger partial charge in [0, 0.05) is 18.1 Å². The number of nitrogens with zero attached hydrogens (tertiary/aromatic N) is 2. The van der Waals surface area contributed by atoms with Gasteiger partial charge in [0.15, 0.2) is 0 Å². The first kappa shape index (κ1) is 33.4. The van der Waals surface area contributed by atoms with Crippen molar-refractivity contribution < 1.29 is 9.16 Å². The van der Waals surface area contributed by atoms with Crippen molar-refractivity contribution in [1.82, 2.24) is 9.97 Å². The molecule has 0 spiro atoms. The number of benzene rings is 5. The van der Waals surface area contributed by atoms with E-state index in [1.807, 2.05) is 11.8 Å². The molecule has 0 bridgehead atoms. The topological polar surface area (TPSA) is 44.2 Å². The fraction of sp³-hybridized carbons (Fsp3) is 0.190. The van der Waals surface area contributed by atoms with E-state index in [2.05, 4.69) is 182 Å². The van der Waals surface area contributed by atoms with Crippen LogP contribution >= 0.6 is 11.8 Å². The number of ether oxygens (including phenoxy) is 1. The standard InChI is InChI=1S/C42H42N2O2SSi/c1-41(2,3)48(38-25-15-7-16-26-38,39-27-17-8-18-28-39)45-32-37(46-40-31-43-29-30-44-40)33-47-42(34-19-9-4-10-20-34,35-21-11-5-12-22-35)36-23-13-6-14-24-36/h4-31,37H,32-33H2,1-3H3. The average molecular weight is 667 g/mol. The molecule has 4 nitrogen and oxygen atoms in total. The molecule has 6 heteroatoms. The Morgan fingerprint density at radius 2 is 1.04 bits per heavy atom. The zero-order chi connectivity index (χ0) is 33.3. The fourth-order valence-electron chi connectivity index (χ4n) is 6.60. The maximum Gasteiger partial charge on any atom is 0.261 e. The van der Waals surface area contributed by atoms with Crippen molar-refractivity contribution in [2.45, 2.75) is 36.7 Å². The van der Waals surface area contributed by atoms with Gasteiger partial charge in [0.25, 0.3) is 8.32 Å². The molecule has 1 atom stereocenters. The van der Waals surface area contributed by atoms with Crippen LogP contribution in [0.3, 0.4) is 0 Å². The molecule has 1 aromatic heterocycles. The van der Waals surface area contributed by atoms with Crippen LogP contribution in [0.4, 0.5) is 0 Å². The molecule has 0 saturated carbocycles. The second-order valence-electron chi connectivity index (χ2n) is 12.8. The summed E-state index contributed by atoms with van der Waals surface area (Å²) in [6.07, 6.45) is 4.69. The lowest BCUT2D eigenvalue weighted by atomic mass is 9.84. The van der Waals surface area contributed by atoms with E-state index in [4.69, 9.17) is 9.16 Å². The first-order valence-corrected chi connectivity index (χ1v) is 19.3. The van der Waals surface area contributed by atoms with E-state index < -0.39 is 13.1 Å². The molecule has 0 fully saturated rings. The van der Waals surface area contributed by atoms with Crippen molar-refractivity contribution in [3.63, 3.8) is 0 Å². The summed E-state index contributed by atoms with van der Waals surface area (Å²) in [4.78, 5) is 8.82. The van der Waals surface area contributed by atoms with Gasteiger partial charge in [-0.3, -0.25) is 4.98 Å². The lowest BCUT2D eigenvalue weighted by Crippen LogP contribution is -2.67. The molecule has 1 heterocycles. The normalized spacial score (nSPS) is 12.7. The molecule has 0 N–H and O–H groups in total. The summed E-state index contributed by atoms with van der Waals surface area (Å²) < 4.78 is 13.6. The minimum Gasteiger partial charge on any atom is -0.470 e. The SMILES string of the molecule is CC(C)(C)[Si](OCC(CSC(c1ccccc1)(c1ccccc1)c1ccccc1)Oc1cnccn1)(c1ccccc1)c1ccccc1. The average Bonchev–Trinajstić information content (AvgIpc) is 3.14. The molecule has 0 amide bonds. The van der Waals surface area contributed by atoms with Gasteiger partial charge in [-0.2, -0.15) is 0 Å². The molecule has 242 valence electrons. The van der Waals surface area contributed by atoms with Crippen LogP contribution < -0.4 is 15.1 Å². The van der Waals surface area contributed by atoms with E-state index in [1.165, 1.54) is 27.1 Å². The summed E-state index contributed by atoms with van der Waals surface area (Å²) in [5, 5.41) is 2.31. The highest BCUT2D eigenvalue weighted by Gasteiger charge is 2.50. The molecule has 5 aromatic carbocycles. The lowest BCUT2D eigenvalue weighted by Gasteiger charge is -2.44. The summed E-state index contributed by atoms with van der Waals surface area (Å²) in [5.41, 5.74) is 3.62. The molecule has 0 radical (unpaired) electrons. The monoisotopic (exact) mass is 666 g/mol. The Bertz CT molecular complexity index is 1690. The van der Waals surface area contributed by atoms with Crippen molar-refractivity contribution in [3.05, 3.63) is 187 Å². The Morgan fingerprint density at radius 3 is 1.44 bits per heavy atom. The second-order valence-corrected chi connectivity index (χ2v) is 18.4. The van der Waals surface area contributed by atoms with E-state index in [0.29, 0.717) is 18.2 Å². The molecule has 1 unspecified atom stereocenters. The van der Waals surface area contributed by atoms with Gasteiger partial charge < -0.3 is 9.16 Å². The van der Waals surface area contributed by atoms with Crippen molar-refractivity contribution >= 4 is 30.5 Å². The van der Waals surface area contributed by atoms with Gasteiger partial charge in [-0.05, 0) is 32.1 Å². The van der Waals surface area contributed by atoms with Crippen molar-refractivity contribution in [2.24, 2.45) is 0 Å². The molecule has 0 saturated heterocycles. The van der Waals surface area contributed by atoms with Crippen LogP contribution in [-0.4, -0.2) is 36.7 Å². The smallest absolute Gasteiger partial charge is 0.261 e. The maximum absolute atomic E-state index is 7.44. The zero-order valence-corrected chi connectivity index (χ0v) is 29.6. The minimum atomic E-state index is -2.82. The summed E-state index contributed by atoms with van der Waals surface area (Å²) in [5.74, 6) is 1.12. The van der Waals surface area contributed by atoms with Gasteiger partial charge in [-0.15, -0.1) is 11.8 Å². The van der Waals surface area contributed by atoms with Gasteiger partial charge >= 0.3 is 0 Å². The second kappa shape index (κ2) is 15.2. The Kier molecular flexibility index (Phi) is 10.6. The molecule has 6 rings (SSSR count). The van der Waals surface area contributed by atoms with Crippen LogP contribution in [0.15, 0.2) is 170 Å². The number of aromatic nitrogens is 2. The third kappa shape index (κ3) is 7.02. The number of rotatable bonds is 13. The molecule has 6 aromatic rings. The molecular weight excluding hydrogens is 625 g/mol. The molecule has 0 aliphatic heterocycles. The Morgan fingerprint density at radius 1 is 0.604 bits per heavy atom. The van der Waals surface area contributed by atoms with Crippen LogP contribution in [0.2, 0.25) is 5.04 Å². The quantitative estimate of drug-likeness (QED) is 0.0914. The summed E-state index contributed by atoms with van der Waals surface area (Å²) >= 11 is 1.87. The minimum absolute atomic E-state index is 0.165. The van der Waals surface area contributed by atoms with Gasteiger partial charge in [0.2, 0.25) is 5.88 Å². The number of hydrogen-bond acceptors (Lipinski definition) is 5. The van der Waals surface area contributed by atoms with Crippen LogP contribution in [0, 0.1) is 0 Å². The Balaban J connectivity index is 1.43. The summed E-state index contributed by atoms with van der Waals surface area (Å²) in [6, 6.07) is 53.8. The summed E-state index contributed by atoms with van der Waals surface area (Å²) in [6.45, 7) is 7.29. The first-order valence-electron chi connectivity index (χ1n) is 16.4. The van der Waals surface area contributed by atoms with Gasteiger partial charge in [0.05, 0.1) is 17.6 Å². The molecule has 0 aliphatic carbocycles. The fourth-order valence-corrected chi connectivity index (χ4v) is 12.7. The van der Waals surface area contributed by atoms with Crippen LogP contribution in [-0.2, 0) is 9.17 Å². The third-order valence-electron chi connectivity index (χ3n) is 8.76. The van der Waals surface area contributed by atoms with Crippen molar-refractivity contribution in [1.29, 1.82) is 0 Å². The van der Waals surface area contributed by atoms with E-state index in [0.717, 1.165) is 0 Å². The molecule has 48 heavy (non-hydrogen) atoms. The van der Waals surface area contributed by atoms with Crippen LogP contribution in [0.5, 0.6) is 5.88 Å². The molecular formula is C42H42N2O2SSi. The summed E-state index contributed by atoms with van der Waals surface area (Å²) in [7, 11) is -2.82. The molecule has 0 aliphatic rings. The van der Waals surface area contributed by atoms with E-state index in [9.17, 15) is 0 Å². The van der Waals surface area contributed by atoms with Crippen molar-refractivity contribution in [3.8, 4) is 5.88 Å². The lowest BCUT2D eigenvalue weighted by molar-refractivity contribution is 0.135. The van der Waals surface area contributed by atoms with E-state index >= 15 is 0 Å². The highest BCUT2D eigenvalue weighted by molar-refractivity contribution is 8.00. The van der Waals surface area contributed by atoms with E-state index in [-0.39, 0.29) is 11.1 Å². The Hall–Kier alpha value is -4.49. The third-order valence-corrected chi connectivity index (χ3v) is 15.4. The first-order chi connectivity index (χ1) is 23.4. The number of thioether (sulfide) groups is 1. The Labute approximate surface area is 290 Å². The van der Waals surface area contributed by atoms with E-state index in [1.54, 1.807) is 18.6 Å². The highest BCUT2D eigenvalue weighted by atomic mass is 32.2. The van der Waals surface area contributed by atoms with Crippen LogP contribution in [0.1, 0.15) is 37.5 Å². The largest absolute Gasteiger partial charge is 0.470 e. The van der Waals surface area contributed by atoms with Gasteiger partial charge in [-0.25, -0.2) is 4.98 Å². The van der Waals surface area contributed by atoms with Gasteiger partial charge in [-0.1, -0.05) is 172 Å². The van der Waals surface area contributed by atoms with Gasteiger partial charge in [0.1, 0.15) is 6.10 Å². The zero-order valence-electron chi connectivity index (χ0n) is 27.8. The van der Waals surface area contributed by atoms with Crippen molar-refractivity contribution in [2.75, 3.05) is 12.4 Å². The predicted octanol–water partition coefficient (Wildman–Crippen LogP) is 8.53. The maximum atomic E-state index is 7.44. The highest BCUT2D eigenvalue weighted by Crippen LogP contribution is 2.49. The predicted molar refractivity (Wildman–Crippen MR) is 202 cm³/mol. The number of hydrogen-bond donors (Lipinski definition) is 0. The van der Waals surface area contributed by atoms with Crippen LogP contribution in [0.25, 0.3) is 0 Å².